The number of hydrogen-bond acceptors (Lipinski definition) is 19. The molecule has 0 aliphatic rings. The van der Waals surface area contributed by atoms with Crippen LogP contribution in [0.1, 0.15) is 49.8 Å². The molecule has 31 heteroatoms. The number of nitrogens with two attached hydrogens (primary N) is 2. The Hall–Kier alpha value is -8.52. The number of benzene rings is 3. The number of primary amides is 1. The number of rotatable bonds is 34. The van der Waals surface area contributed by atoms with E-state index in [2.05, 4.69) is 73.1 Å². The van der Waals surface area contributed by atoms with Crippen molar-refractivity contribution in [2.75, 3.05) is 18.1 Å². The van der Waals surface area contributed by atoms with Crippen molar-refractivity contribution in [2.45, 2.75) is 119 Å². The van der Waals surface area contributed by atoms with E-state index < -0.39 is 163 Å². The Balaban J connectivity index is 1.75. The predicted molar refractivity (Wildman–Crippen MR) is 300 cm³/mol. The van der Waals surface area contributed by atoms with Gasteiger partial charge in [-0.2, -0.15) is 25.3 Å². The second kappa shape index (κ2) is 34.0. The third-order valence-electron chi connectivity index (χ3n) is 12.2. The van der Waals surface area contributed by atoms with Gasteiger partial charge in [-0.3, -0.25) is 57.5 Å². The summed E-state index contributed by atoms with van der Waals surface area (Å²) in [5, 5.41) is 79.6. The number of carbonyl (C=O) groups excluding carboxylic acids is 10. The summed E-state index contributed by atoms with van der Waals surface area (Å²) in [6.45, 7) is 1.10. The predicted octanol–water partition coefficient (Wildman–Crippen LogP) is -5.11. The summed E-state index contributed by atoms with van der Waals surface area (Å²) in [4.78, 5) is 158. The molecule has 0 heterocycles. The van der Waals surface area contributed by atoms with E-state index in [1.165, 1.54) is 48.5 Å². The van der Waals surface area contributed by atoms with E-state index in [-0.39, 0.29) is 42.3 Å². The van der Waals surface area contributed by atoms with Crippen molar-refractivity contribution >= 4 is 96.3 Å². The first-order valence-corrected chi connectivity index (χ1v) is 26.7. The molecule has 11 atom stereocenters. The minimum Gasteiger partial charge on any atom is -0.508 e. The maximum absolute atomic E-state index is 14.0. The number of phenols is 2. The zero-order chi connectivity index (χ0) is 62.1. The smallest absolute Gasteiger partial charge is 0.305 e. The minimum atomic E-state index is -1.99. The lowest BCUT2D eigenvalue weighted by molar-refractivity contribution is -0.142. The maximum Gasteiger partial charge on any atom is 0.305 e. The van der Waals surface area contributed by atoms with Gasteiger partial charge in [-0.15, -0.1) is 0 Å². The number of aliphatic hydroxyl groups excluding tert-OH is 2. The SMILES string of the molecule is C[C@H](NC(=O)[C@H](Cc1ccccc1)NC(=O)[C@H](CC(=O)O)NC(=O)[C@H](CO)NC(=O)[C@H](CS)NC(=O)[C@@H](N)Cc1ccc(O)cc1)C(=O)N[C@H](C(=O)N[C@@H](CCC(=O)O)C(=O)N[C@@H](CS)C(=O)N[C@@H](Cc1ccc(O)cc1)C(N)=O)[C@@H](C)O. The first-order valence-electron chi connectivity index (χ1n) is 25.5. The number of carboxylic acid groups (broad SMARTS) is 2. The van der Waals surface area contributed by atoms with Crippen molar-refractivity contribution in [3.8, 4) is 11.5 Å². The van der Waals surface area contributed by atoms with E-state index in [1.807, 2.05) is 0 Å². The number of hydrogen-bond donors (Lipinski definition) is 19. The van der Waals surface area contributed by atoms with Gasteiger partial charge in [0.2, 0.25) is 59.1 Å². The van der Waals surface area contributed by atoms with Crippen molar-refractivity contribution in [2.24, 2.45) is 11.5 Å². The quantitative estimate of drug-likeness (QED) is 0.0249. The third-order valence-corrected chi connectivity index (χ3v) is 13.0. The van der Waals surface area contributed by atoms with Crippen LogP contribution in [0.3, 0.4) is 0 Å². The molecule has 29 nitrogen and oxygen atoms in total. The molecule has 0 unspecified atom stereocenters. The highest BCUT2D eigenvalue weighted by atomic mass is 32.1. The summed E-state index contributed by atoms with van der Waals surface area (Å²) < 4.78 is 0. The Kier molecular flexibility index (Phi) is 28.2. The van der Waals surface area contributed by atoms with Gasteiger partial charge in [-0.25, -0.2) is 0 Å². The largest absolute Gasteiger partial charge is 0.508 e. The van der Waals surface area contributed by atoms with Gasteiger partial charge in [0.05, 0.1) is 25.2 Å². The summed E-state index contributed by atoms with van der Waals surface area (Å²) in [5.74, 6) is -14.7. The molecule has 0 fully saturated rings. The molecule has 3 rings (SSSR count). The molecule has 0 saturated heterocycles. The molecule has 0 aliphatic carbocycles. The number of aliphatic carboxylic acids is 2. The van der Waals surface area contributed by atoms with Crippen LogP contribution >= 0.6 is 25.3 Å². The molecule has 0 radical (unpaired) electrons. The molecule has 83 heavy (non-hydrogen) atoms. The highest BCUT2D eigenvalue weighted by Crippen LogP contribution is 2.14. The number of nitrogens with one attached hydrogen (secondary N) is 9. The number of aliphatic hydroxyl groups is 2. The van der Waals surface area contributed by atoms with Crippen LogP contribution in [0.4, 0.5) is 0 Å². The summed E-state index contributed by atoms with van der Waals surface area (Å²) in [6.07, 6.45) is -4.58. The van der Waals surface area contributed by atoms with Gasteiger partial charge < -0.3 is 90.0 Å². The van der Waals surface area contributed by atoms with Gasteiger partial charge in [0, 0.05) is 30.8 Å². The molecule has 0 spiro atoms. The number of amides is 10. The zero-order valence-electron chi connectivity index (χ0n) is 44.9. The Bertz CT molecular complexity index is 2760. The molecule has 0 bridgehead atoms. The van der Waals surface area contributed by atoms with Crippen LogP contribution in [-0.4, -0.2) is 186 Å². The van der Waals surface area contributed by atoms with E-state index >= 15 is 0 Å². The van der Waals surface area contributed by atoms with Gasteiger partial charge in [0.25, 0.3) is 0 Å². The zero-order valence-corrected chi connectivity index (χ0v) is 46.6. The number of carboxylic acids is 2. The summed E-state index contributed by atoms with van der Waals surface area (Å²) in [5.41, 5.74) is 13.0. The Morgan fingerprint density at radius 1 is 0.470 bits per heavy atom. The Morgan fingerprint density at radius 2 is 0.880 bits per heavy atom. The summed E-state index contributed by atoms with van der Waals surface area (Å²) in [7, 11) is 0. The second-order valence-corrected chi connectivity index (χ2v) is 19.6. The second-order valence-electron chi connectivity index (χ2n) is 18.9. The van der Waals surface area contributed by atoms with Crippen LogP contribution in [0, 0.1) is 0 Å². The monoisotopic (exact) mass is 1200 g/mol. The van der Waals surface area contributed by atoms with Crippen LogP contribution in [-0.2, 0) is 76.8 Å². The van der Waals surface area contributed by atoms with Gasteiger partial charge in [0.1, 0.15) is 65.9 Å². The van der Waals surface area contributed by atoms with Crippen LogP contribution in [0.25, 0.3) is 0 Å². The highest BCUT2D eigenvalue weighted by molar-refractivity contribution is 7.80. The molecule has 3 aromatic rings. The van der Waals surface area contributed by atoms with Crippen LogP contribution in [0.5, 0.6) is 11.5 Å². The van der Waals surface area contributed by atoms with Gasteiger partial charge >= 0.3 is 11.9 Å². The lowest BCUT2D eigenvalue weighted by Gasteiger charge is -2.28. The lowest BCUT2D eigenvalue weighted by Crippen LogP contribution is -2.62. The molecule has 452 valence electrons. The van der Waals surface area contributed by atoms with Crippen LogP contribution in [0.15, 0.2) is 78.9 Å². The molecule has 10 amide bonds. The molecule has 3 aromatic carbocycles. The van der Waals surface area contributed by atoms with E-state index in [9.17, 15) is 88.2 Å². The number of thiol groups is 2. The molecular weight excluding hydrogens is 1130 g/mol. The molecular formula is C52H69N11O18S2. The normalized spacial score (nSPS) is 14.9. The number of phenolic OH excluding ortho intramolecular Hbond substituents is 2. The Labute approximate surface area is 486 Å². The molecule has 0 saturated carbocycles. The fraction of sp³-hybridized carbons (Fsp3) is 0.423. The van der Waals surface area contributed by atoms with E-state index in [4.69, 9.17) is 11.5 Å². The van der Waals surface area contributed by atoms with Gasteiger partial charge in [0.15, 0.2) is 0 Å². The van der Waals surface area contributed by atoms with Gasteiger partial charge in [-0.1, -0.05) is 54.6 Å². The fourth-order valence-corrected chi connectivity index (χ4v) is 8.11. The summed E-state index contributed by atoms with van der Waals surface area (Å²) in [6, 6.07) is 3.25. The summed E-state index contributed by atoms with van der Waals surface area (Å²) >= 11 is 8.19. The standard InChI is InChI=1S/C52H69N11O18S2/c1-25(44(73)63-42(26(2)65)52(81)56-33(16-17-40(68)69)46(75)62-39(24-83)50(79)57-34(43(54)72)19-29-10-14-31(67)15-11-29)55-47(76)35(20-27-6-4-3-5-7-27)58-48(77)36(21-41(70)71)59-49(78)37(22-64)60-51(80)38(23-82)61-45(74)32(53)18-28-8-12-30(66)13-9-28/h3-15,25-26,32-39,42,64-67,82-83H,16-24,53H2,1-2H3,(H2,54,72)(H,55,76)(H,56,81)(H,57,79)(H,58,77)(H,59,78)(H,60,80)(H,61,74)(H,62,75)(H,63,73)(H,68,69)(H,70,71)/t25-,26+,32-,33-,34-,35-,36-,37-,38-,39-,42-/m0/s1. The van der Waals surface area contributed by atoms with E-state index in [0.717, 1.165) is 13.8 Å². The highest BCUT2D eigenvalue weighted by Gasteiger charge is 2.36. The Morgan fingerprint density at radius 3 is 1.37 bits per heavy atom. The number of aromatic hydroxyl groups is 2. The topological polar surface area (TPSA) is 487 Å². The maximum atomic E-state index is 14.0. The third kappa shape index (κ3) is 23.5. The van der Waals surface area contributed by atoms with Crippen LogP contribution < -0.4 is 59.3 Å². The fourth-order valence-electron chi connectivity index (χ4n) is 7.60. The lowest BCUT2D eigenvalue weighted by atomic mass is 10.0. The van der Waals surface area contributed by atoms with Crippen molar-refractivity contribution in [3.63, 3.8) is 0 Å². The molecule has 0 aromatic heterocycles. The van der Waals surface area contributed by atoms with Crippen molar-refractivity contribution in [3.05, 3.63) is 95.6 Å². The minimum absolute atomic E-state index is 0.00101. The van der Waals surface area contributed by atoms with E-state index in [0.29, 0.717) is 16.7 Å². The molecule has 0 aliphatic heterocycles. The van der Waals surface area contributed by atoms with Gasteiger partial charge in [-0.05, 0) is 67.6 Å². The average Bonchev–Trinajstić information content (AvgIpc) is 3.48. The number of carbonyl (C=O) groups is 12. The van der Waals surface area contributed by atoms with Crippen molar-refractivity contribution < 1.29 is 88.2 Å². The van der Waals surface area contributed by atoms with E-state index in [1.54, 1.807) is 30.3 Å². The first-order chi connectivity index (χ1) is 39.2. The van der Waals surface area contributed by atoms with Crippen molar-refractivity contribution in [1.29, 1.82) is 0 Å². The average molecular weight is 1200 g/mol. The first kappa shape index (κ1) is 68.8. The van der Waals surface area contributed by atoms with Crippen LogP contribution in [0.2, 0.25) is 0 Å². The molecule has 19 N–H and O–H groups in total. The van der Waals surface area contributed by atoms with Crippen molar-refractivity contribution in [1.82, 2.24) is 47.9 Å².